The lowest BCUT2D eigenvalue weighted by Crippen LogP contribution is -2.53. The van der Waals surface area contributed by atoms with Gasteiger partial charge in [-0.25, -0.2) is 13.6 Å². The molecule has 0 aromatic heterocycles. The molecule has 2 N–H and O–H groups in total. The van der Waals surface area contributed by atoms with Gasteiger partial charge in [0.25, 0.3) is 5.91 Å². The van der Waals surface area contributed by atoms with E-state index < -0.39 is 41.0 Å². The van der Waals surface area contributed by atoms with Gasteiger partial charge in [0.2, 0.25) is 5.91 Å². The largest absolute Gasteiger partial charge is 0.480 e. The molecule has 1 saturated heterocycles. The van der Waals surface area contributed by atoms with E-state index in [4.69, 9.17) is 0 Å². The van der Waals surface area contributed by atoms with Crippen LogP contribution in [-0.4, -0.2) is 47.4 Å². The zero-order chi connectivity index (χ0) is 17.1. The molecule has 0 radical (unpaired) electrons. The number of piperidine rings is 1. The van der Waals surface area contributed by atoms with Gasteiger partial charge in [-0.15, -0.1) is 0 Å². The highest BCUT2D eigenvalue weighted by Crippen LogP contribution is 2.25. The molecule has 0 saturated carbocycles. The van der Waals surface area contributed by atoms with Crippen molar-refractivity contribution in [1.82, 2.24) is 10.2 Å². The number of benzene rings is 1. The molecule has 2 atom stereocenters. The Bertz CT molecular complexity index is 650. The van der Waals surface area contributed by atoms with E-state index in [2.05, 4.69) is 5.32 Å². The quantitative estimate of drug-likeness (QED) is 0.868. The molecule has 6 nitrogen and oxygen atoms in total. The highest BCUT2D eigenvalue weighted by molar-refractivity contribution is 5.97. The highest BCUT2D eigenvalue weighted by atomic mass is 19.1. The fourth-order valence-corrected chi connectivity index (χ4v) is 2.69. The molecule has 1 aromatic rings. The molecule has 23 heavy (non-hydrogen) atoms. The fourth-order valence-electron chi connectivity index (χ4n) is 2.69. The van der Waals surface area contributed by atoms with Crippen LogP contribution >= 0.6 is 0 Å². The molecular formula is C15H16F2N2O4. The molecule has 1 heterocycles. The van der Waals surface area contributed by atoms with Gasteiger partial charge in [0, 0.05) is 19.7 Å². The molecule has 2 rings (SSSR count). The highest BCUT2D eigenvalue weighted by Gasteiger charge is 2.39. The van der Waals surface area contributed by atoms with Crippen LogP contribution in [0.25, 0.3) is 0 Å². The number of carboxylic acids is 1. The van der Waals surface area contributed by atoms with E-state index in [9.17, 15) is 28.3 Å². The molecule has 1 fully saturated rings. The smallest absolute Gasteiger partial charge is 0.326 e. The van der Waals surface area contributed by atoms with Gasteiger partial charge in [0.15, 0.2) is 0 Å². The number of likely N-dealkylation sites (tertiary alicyclic amines) is 1. The van der Waals surface area contributed by atoms with Gasteiger partial charge in [0.1, 0.15) is 17.7 Å². The van der Waals surface area contributed by atoms with Crippen LogP contribution in [0.4, 0.5) is 8.78 Å². The summed E-state index contributed by atoms with van der Waals surface area (Å²) in [5, 5.41) is 11.7. The molecule has 0 aliphatic carbocycles. The Hall–Kier alpha value is -2.51. The molecule has 1 aromatic carbocycles. The summed E-state index contributed by atoms with van der Waals surface area (Å²) in [6.07, 6.45) is 0.397. The minimum atomic E-state index is -1.23. The maximum atomic E-state index is 13.8. The van der Waals surface area contributed by atoms with E-state index in [1.54, 1.807) is 0 Å². The molecule has 8 heteroatoms. The summed E-state index contributed by atoms with van der Waals surface area (Å²) in [5.41, 5.74) is -0.421. The van der Waals surface area contributed by atoms with Crippen LogP contribution in [0.3, 0.4) is 0 Å². The van der Waals surface area contributed by atoms with Crippen LogP contribution < -0.4 is 5.32 Å². The van der Waals surface area contributed by atoms with Crippen molar-refractivity contribution in [2.24, 2.45) is 5.92 Å². The summed E-state index contributed by atoms with van der Waals surface area (Å²) in [4.78, 5) is 36.5. The SMILES string of the molecule is CNC(=O)[C@H]1CC[C@@H](C(=O)O)N(C(=O)c2ccc(F)cc2F)C1. The van der Waals surface area contributed by atoms with Crippen LogP contribution in [0.15, 0.2) is 18.2 Å². The second-order valence-electron chi connectivity index (χ2n) is 5.32. The minimum absolute atomic E-state index is 0.0853. The number of nitrogens with zero attached hydrogens (tertiary/aromatic N) is 1. The van der Waals surface area contributed by atoms with Crippen molar-refractivity contribution in [2.45, 2.75) is 18.9 Å². The van der Waals surface area contributed by atoms with Crippen molar-refractivity contribution >= 4 is 17.8 Å². The summed E-state index contributed by atoms with van der Waals surface area (Å²) in [6.45, 7) is -0.133. The van der Waals surface area contributed by atoms with Crippen molar-refractivity contribution in [2.75, 3.05) is 13.6 Å². The van der Waals surface area contributed by atoms with Gasteiger partial charge in [-0.05, 0) is 25.0 Å². The van der Waals surface area contributed by atoms with E-state index in [0.29, 0.717) is 12.5 Å². The maximum absolute atomic E-state index is 13.8. The zero-order valence-corrected chi connectivity index (χ0v) is 12.4. The number of aliphatic carboxylic acids is 1. The zero-order valence-electron chi connectivity index (χ0n) is 12.4. The summed E-state index contributed by atoms with van der Waals surface area (Å²) in [7, 11) is 1.44. The summed E-state index contributed by atoms with van der Waals surface area (Å²) >= 11 is 0. The summed E-state index contributed by atoms with van der Waals surface area (Å²) in [5.74, 6) is -4.88. The lowest BCUT2D eigenvalue weighted by molar-refractivity contribution is -0.145. The number of rotatable bonds is 3. The lowest BCUT2D eigenvalue weighted by Gasteiger charge is -2.36. The molecular weight excluding hydrogens is 310 g/mol. The first-order valence-corrected chi connectivity index (χ1v) is 7.05. The monoisotopic (exact) mass is 326 g/mol. The first-order valence-electron chi connectivity index (χ1n) is 7.05. The van der Waals surface area contributed by atoms with Crippen LogP contribution in [0.2, 0.25) is 0 Å². The van der Waals surface area contributed by atoms with Crippen LogP contribution in [0.5, 0.6) is 0 Å². The standard InChI is InChI=1S/C15H16F2N2O4/c1-18-13(20)8-2-5-12(15(22)23)19(7-8)14(21)10-4-3-9(16)6-11(10)17/h3-4,6,8,12H,2,5,7H2,1H3,(H,18,20)(H,22,23)/t8-,12-/m0/s1. The van der Waals surface area contributed by atoms with E-state index >= 15 is 0 Å². The van der Waals surface area contributed by atoms with Gasteiger partial charge in [-0.2, -0.15) is 0 Å². The number of carbonyl (C=O) groups is 3. The molecule has 0 unspecified atom stereocenters. The Morgan fingerprint density at radius 1 is 1.26 bits per heavy atom. The number of amides is 2. The third-order valence-electron chi connectivity index (χ3n) is 3.91. The topological polar surface area (TPSA) is 86.7 Å². The fraction of sp³-hybridized carbons (Fsp3) is 0.400. The molecule has 1 aliphatic rings. The van der Waals surface area contributed by atoms with Crippen LogP contribution in [-0.2, 0) is 9.59 Å². The molecule has 124 valence electrons. The van der Waals surface area contributed by atoms with Crippen molar-refractivity contribution in [3.05, 3.63) is 35.4 Å². The van der Waals surface area contributed by atoms with Gasteiger partial charge in [-0.1, -0.05) is 0 Å². The number of nitrogens with one attached hydrogen (secondary N) is 1. The Balaban J connectivity index is 2.31. The number of hydrogen-bond donors (Lipinski definition) is 2. The number of carboxylic acid groups (broad SMARTS) is 1. The van der Waals surface area contributed by atoms with Crippen molar-refractivity contribution in [3.8, 4) is 0 Å². The van der Waals surface area contributed by atoms with Crippen LogP contribution in [0.1, 0.15) is 23.2 Å². The van der Waals surface area contributed by atoms with E-state index in [-0.39, 0.29) is 18.9 Å². The van der Waals surface area contributed by atoms with Gasteiger partial charge in [0.05, 0.1) is 11.5 Å². The number of hydrogen-bond acceptors (Lipinski definition) is 3. The number of halogens is 2. The minimum Gasteiger partial charge on any atom is -0.480 e. The molecule has 1 aliphatic heterocycles. The lowest BCUT2D eigenvalue weighted by atomic mass is 9.91. The molecule has 0 spiro atoms. The van der Waals surface area contributed by atoms with E-state index in [1.807, 2.05) is 0 Å². The Labute approximate surface area is 131 Å². The van der Waals surface area contributed by atoms with Gasteiger partial charge in [-0.3, -0.25) is 9.59 Å². The first kappa shape index (κ1) is 16.9. The molecule has 2 amide bonds. The summed E-state index contributed by atoms with van der Waals surface area (Å²) in [6, 6.07) is 1.30. The van der Waals surface area contributed by atoms with E-state index in [0.717, 1.165) is 17.0 Å². The van der Waals surface area contributed by atoms with Gasteiger partial charge >= 0.3 is 5.97 Å². The Morgan fingerprint density at radius 2 is 1.96 bits per heavy atom. The van der Waals surface area contributed by atoms with Crippen molar-refractivity contribution < 1.29 is 28.3 Å². The van der Waals surface area contributed by atoms with Crippen LogP contribution in [0, 0.1) is 17.6 Å². The average molecular weight is 326 g/mol. The second kappa shape index (κ2) is 6.72. The third kappa shape index (κ3) is 3.46. The summed E-state index contributed by atoms with van der Waals surface area (Å²) < 4.78 is 26.8. The van der Waals surface area contributed by atoms with E-state index in [1.165, 1.54) is 7.05 Å². The predicted octanol–water partition coefficient (Wildman–Crippen LogP) is 1.02. The Kier molecular flexibility index (Phi) is 4.92. The van der Waals surface area contributed by atoms with Crippen molar-refractivity contribution in [1.29, 1.82) is 0 Å². The number of carbonyl (C=O) groups excluding carboxylic acids is 2. The normalized spacial score (nSPS) is 20.9. The second-order valence-corrected chi connectivity index (χ2v) is 5.32. The van der Waals surface area contributed by atoms with Crippen molar-refractivity contribution in [3.63, 3.8) is 0 Å². The average Bonchev–Trinajstić information content (AvgIpc) is 2.52. The van der Waals surface area contributed by atoms with Gasteiger partial charge < -0.3 is 15.3 Å². The first-order chi connectivity index (χ1) is 10.8. The maximum Gasteiger partial charge on any atom is 0.326 e. The third-order valence-corrected chi connectivity index (χ3v) is 3.91. The predicted molar refractivity (Wildman–Crippen MR) is 75.6 cm³/mol. The Morgan fingerprint density at radius 3 is 2.52 bits per heavy atom. The molecule has 0 bridgehead atoms.